The predicted octanol–water partition coefficient (Wildman–Crippen LogP) is 4.77. The minimum atomic E-state index is -0.522. The molecule has 3 aromatic carbocycles. The van der Waals surface area contributed by atoms with Crippen LogP contribution in [0, 0.1) is 5.82 Å². The van der Waals surface area contributed by atoms with Gasteiger partial charge >= 0.3 is 0 Å². The van der Waals surface area contributed by atoms with Gasteiger partial charge in [0.25, 0.3) is 5.91 Å². The van der Waals surface area contributed by atoms with Gasteiger partial charge in [0.15, 0.2) is 0 Å². The van der Waals surface area contributed by atoms with Crippen LogP contribution in [0.25, 0.3) is 0 Å². The second-order valence-corrected chi connectivity index (χ2v) is 9.36. The number of hydrogen-bond donors (Lipinski definition) is 0. The second kappa shape index (κ2) is 10.0. The third kappa shape index (κ3) is 4.98. The summed E-state index contributed by atoms with van der Waals surface area (Å²) >= 11 is 0. The molecule has 0 aliphatic carbocycles. The highest BCUT2D eigenvalue weighted by Gasteiger charge is 2.42. The van der Waals surface area contributed by atoms with E-state index in [1.165, 1.54) is 12.1 Å². The Bertz CT molecular complexity index is 1130. The number of ether oxygens (including phenoxy) is 1. The molecule has 35 heavy (non-hydrogen) atoms. The number of benzene rings is 3. The lowest BCUT2D eigenvalue weighted by molar-refractivity contribution is -0.141. The molecule has 2 amide bonds. The fraction of sp³-hybridized carbons (Fsp3) is 0.310. The Morgan fingerprint density at radius 1 is 0.857 bits per heavy atom. The molecule has 0 aromatic heterocycles. The largest absolute Gasteiger partial charge is 0.363 e. The molecule has 2 fully saturated rings. The van der Waals surface area contributed by atoms with E-state index in [9.17, 15) is 14.0 Å². The summed E-state index contributed by atoms with van der Waals surface area (Å²) in [5, 5.41) is 0. The SMILES string of the molecule is O=C(C(c1ccccc1)c1ccccc1)N1CCCC2(CC1)CN(c1ccc(F)cc1)C(=O)CO2. The van der Waals surface area contributed by atoms with Crippen LogP contribution in [0.5, 0.6) is 0 Å². The highest BCUT2D eigenvalue weighted by molar-refractivity contribution is 5.95. The van der Waals surface area contributed by atoms with Crippen molar-refractivity contribution in [3.05, 3.63) is 102 Å². The summed E-state index contributed by atoms with van der Waals surface area (Å²) in [6, 6.07) is 25.8. The summed E-state index contributed by atoms with van der Waals surface area (Å²) in [4.78, 5) is 30.1. The third-order valence-electron chi connectivity index (χ3n) is 7.11. The molecule has 1 atom stereocenters. The van der Waals surface area contributed by atoms with E-state index in [2.05, 4.69) is 0 Å². The lowest BCUT2D eigenvalue weighted by Gasteiger charge is -2.42. The first kappa shape index (κ1) is 23.2. The Morgan fingerprint density at radius 2 is 1.49 bits per heavy atom. The Morgan fingerprint density at radius 3 is 2.11 bits per heavy atom. The van der Waals surface area contributed by atoms with Crippen molar-refractivity contribution in [2.24, 2.45) is 0 Å². The van der Waals surface area contributed by atoms with Crippen molar-refractivity contribution in [1.82, 2.24) is 4.90 Å². The molecule has 0 saturated carbocycles. The zero-order valence-corrected chi connectivity index (χ0v) is 19.6. The maximum absolute atomic E-state index is 13.9. The summed E-state index contributed by atoms with van der Waals surface area (Å²) in [5.41, 5.74) is 2.10. The Balaban J connectivity index is 1.35. The zero-order chi connectivity index (χ0) is 24.3. The number of hydrogen-bond acceptors (Lipinski definition) is 3. The van der Waals surface area contributed by atoms with Crippen LogP contribution in [0.1, 0.15) is 36.3 Å². The molecule has 180 valence electrons. The average molecular weight is 473 g/mol. The minimum absolute atomic E-state index is 0.0119. The van der Waals surface area contributed by atoms with Gasteiger partial charge in [0.2, 0.25) is 5.91 Å². The van der Waals surface area contributed by atoms with Gasteiger partial charge in [0, 0.05) is 18.8 Å². The van der Waals surface area contributed by atoms with Gasteiger partial charge < -0.3 is 14.5 Å². The van der Waals surface area contributed by atoms with Gasteiger partial charge in [-0.1, -0.05) is 60.7 Å². The fourth-order valence-electron chi connectivity index (χ4n) is 5.21. The van der Waals surface area contributed by atoms with Crippen molar-refractivity contribution in [2.45, 2.75) is 30.8 Å². The molecule has 5 nitrogen and oxygen atoms in total. The lowest BCUT2D eigenvalue weighted by atomic mass is 9.90. The van der Waals surface area contributed by atoms with Gasteiger partial charge in [-0.25, -0.2) is 4.39 Å². The first-order chi connectivity index (χ1) is 17.0. The van der Waals surface area contributed by atoms with Crippen molar-refractivity contribution in [3.63, 3.8) is 0 Å². The molecular weight excluding hydrogens is 443 g/mol. The van der Waals surface area contributed by atoms with Crippen LogP contribution in [-0.2, 0) is 14.3 Å². The maximum atomic E-state index is 13.9. The van der Waals surface area contributed by atoms with E-state index in [0.717, 1.165) is 24.0 Å². The van der Waals surface area contributed by atoms with Crippen molar-refractivity contribution < 1.29 is 18.7 Å². The predicted molar refractivity (Wildman–Crippen MR) is 133 cm³/mol. The van der Waals surface area contributed by atoms with Crippen LogP contribution in [0.2, 0.25) is 0 Å². The van der Waals surface area contributed by atoms with Crippen LogP contribution < -0.4 is 4.90 Å². The number of amides is 2. The molecule has 1 spiro atoms. The molecule has 2 heterocycles. The van der Waals surface area contributed by atoms with E-state index in [4.69, 9.17) is 4.74 Å². The highest BCUT2D eigenvalue weighted by Crippen LogP contribution is 2.34. The molecule has 2 aliphatic rings. The summed E-state index contributed by atoms with van der Waals surface area (Å²) in [6.45, 7) is 1.59. The molecule has 0 N–H and O–H groups in total. The van der Waals surface area contributed by atoms with Crippen molar-refractivity contribution in [3.8, 4) is 0 Å². The van der Waals surface area contributed by atoms with Crippen molar-refractivity contribution in [2.75, 3.05) is 31.1 Å². The van der Waals surface area contributed by atoms with Crippen LogP contribution in [0.4, 0.5) is 10.1 Å². The molecule has 0 bridgehead atoms. The van der Waals surface area contributed by atoms with E-state index in [1.807, 2.05) is 65.6 Å². The zero-order valence-electron chi connectivity index (χ0n) is 19.6. The van der Waals surface area contributed by atoms with Crippen LogP contribution in [0.3, 0.4) is 0 Å². The number of carbonyl (C=O) groups excluding carboxylic acids is 2. The number of nitrogens with zero attached hydrogens (tertiary/aromatic N) is 2. The fourth-order valence-corrected chi connectivity index (χ4v) is 5.21. The number of morpholine rings is 1. The van der Waals surface area contributed by atoms with Gasteiger partial charge in [-0.05, 0) is 54.7 Å². The molecule has 1 unspecified atom stereocenters. The number of carbonyl (C=O) groups is 2. The van der Waals surface area contributed by atoms with E-state index in [1.54, 1.807) is 17.0 Å². The Labute approximate surface area is 205 Å². The minimum Gasteiger partial charge on any atom is -0.363 e. The van der Waals surface area contributed by atoms with E-state index in [-0.39, 0.29) is 30.2 Å². The van der Waals surface area contributed by atoms with Gasteiger partial charge in [-0.2, -0.15) is 0 Å². The molecule has 0 radical (unpaired) electrons. The lowest BCUT2D eigenvalue weighted by Crippen LogP contribution is -2.55. The van der Waals surface area contributed by atoms with Gasteiger partial charge in [0.1, 0.15) is 12.4 Å². The molecule has 2 aliphatic heterocycles. The smallest absolute Gasteiger partial charge is 0.253 e. The van der Waals surface area contributed by atoms with Crippen molar-refractivity contribution >= 4 is 17.5 Å². The first-order valence-corrected chi connectivity index (χ1v) is 12.1. The number of anilines is 1. The van der Waals surface area contributed by atoms with Gasteiger partial charge in [-0.3, -0.25) is 9.59 Å². The molecular formula is C29H29FN2O3. The molecule has 6 heteroatoms. The standard InChI is InChI=1S/C29H29FN2O3/c30-24-12-14-25(15-13-24)32-21-29(35-20-26(32)33)16-7-18-31(19-17-29)28(34)27(22-8-3-1-4-9-22)23-10-5-2-6-11-23/h1-6,8-15,27H,7,16-21H2. The quantitative estimate of drug-likeness (QED) is 0.550. The van der Waals surface area contributed by atoms with Gasteiger partial charge in [0.05, 0.1) is 18.1 Å². The summed E-state index contributed by atoms with van der Waals surface area (Å²) < 4.78 is 19.5. The highest BCUT2D eigenvalue weighted by atomic mass is 19.1. The average Bonchev–Trinajstić information content (AvgIpc) is 3.10. The molecule has 3 aromatic rings. The van der Waals surface area contributed by atoms with E-state index < -0.39 is 5.60 Å². The van der Waals surface area contributed by atoms with Crippen LogP contribution >= 0.6 is 0 Å². The summed E-state index contributed by atoms with van der Waals surface area (Å²) in [7, 11) is 0. The normalized spacial score (nSPS) is 20.8. The van der Waals surface area contributed by atoms with Crippen LogP contribution in [0.15, 0.2) is 84.9 Å². The maximum Gasteiger partial charge on any atom is 0.253 e. The topological polar surface area (TPSA) is 49.9 Å². The van der Waals surface area contributed by atoms with Gasteiger partial charge in [-0.15, -0.1) is 0 Å². The third-order valence-corrected chi connectivity index (χ3v) is 7.11. The molecule has 5 rings (SSSR count). The van der Waals surface area contributed by atoms with Crippen molar-refractivity contribution in [1.29, 1.82) is 0 Å². The Kier molecular flexibility index (Phi) is 6.64. The number of likely N-dealkylation sites (tertiary alicyclic amines) is 1. The number of halogens is 1. The Hall–Kier alpha value is -3.51. The van der Waals surface area contributed by atoms with E-state index >= 15 is 0 Å². The van der Waals surface area contributed by atoms with Crippen LogP contribution in [-0.4, -0.2) is 48.6 Å². The second-order valence-electron chi connectivity index (χ2n) is 9.36. The van der Waals surface area contributed by atoms with E-state index in [0.29, 0.717) is 31.7 Å². The summed E-state index contributed by atoms with van der Waals surface area (Å²) in [5.74, 6) is -0.746. The first-order valence-electron chi connectivity index (χ1n) is 12.1. The summed E-state index contributed by atoms with van der Waals surface area (Å²) in [6.07, 6.45) is 2.18. The monoisotopic (exact) mass is 472 g/mol. The number of rotatable bonds is 4. The molecule has 2 saturated heterocycles.